The van der Waals surface area contributed by atoms with Crippen molar-refractivity contribution in [1.82, 2.24) is 9.88 Å². The van der Waals surface area contributed by atoms with Crippen molar-refractivity contribution < 1.29 is 4.79 Å². The predicted octanol–water partition coefficient (Wildman–Crippen LogP) is 3.74. The van der Waals surface area contributed by atoms with Crippen molar-refractivity contribution >= 4 is 17.4 Å². The molecule has 0 spiro atoms. The molecule has 1 saturated heterocycles. The zero-order valence-electron chi connectivity index (χ0n) is 16.6. The lowest BCUT2D eigenvalue weighted by molar-refractivity contribution is -0.120. The molecule has 1 aromatic heterocycles. The van der Waals surface area contributed by atoms with Crippen molar-refractivity contribution in [1.29, 1.82) is 0 Å². The Kier molecular flexibility index (Phi) is 6.45. The van der Waals surface area contributed by atoms with Crippen molar-refractivity contribution in [3.8, 4) is 0 Å². The molecule has 1 aliphatic heterocycles. The molecular formula is C22H30N4O. The first-order chi connectivity index (χ1) is 13.1. The van der Waals surface area contributed by atoms with E-state index in [0.29, 0.717) is 5.92 Å². The largest absolute Gasteiger partial charge is 0.354 e. The lowest BCUT2D eigenvalue weighted by Gasteiger charge is -2.38. The topological polar surface area (TPSA) is 48.5 Å². The van der Waals surface area contributed by atoms with Crippen LogP contribution in [-0.2, 0) is 4.79 Å². The summed E-state index contributed by atoms with van der Waals surface area (Å²) < 4.78 is 0. The Morgan fingerprint density at radius 1 is 1.07 bits per heavy atom. The number of rotatable bonds is 6. The second kappa shape index (κ2) is 9.00. The van der Waals surface area contributed by atoms with E-state index in [2.05, 4.69) is 40.0 Å². The van der Waals surface area contributed by atoms with Gasteiger partial charge < -0.3 is 10.2 Å². The van der Waals surface area contributed by atoms with Crippen molar-refractivity contribution in [3.63, 3.8) is 0 Å². The predicted molar refractivity (Wildman–Crippen MR) is 111 cm³/mol. The molecule has 1 amide bonds. The van der Waals surface area contributed by atoms with Gasteiger partial charge in [-0.15, -0.1) is 0 Å². The van der Waals surface area contributed by atoms with Gasteiger partial charge in [0.15, 0.2) is 0 Å². The average Bonchev–Trinajstić information content (AvgIpc) is 2.73. The van der Waals surface area contributed by atoms with Crippen LogP contribution in [0.2, 0.25) is 0 Å². The number of nitrogens with zero attached hydrogens (tertiary/aromatic N) is 3. The molecule has 1 aliphatic rings. The van der Waals surface area contributed by atoms with Crippen LogP contribution in [0.3, 0.4) is 0 Å². The van der Waals surface area contributed by atoms with E-state index in [-0.39, 0.29) is 11.9 Å². The maximum atomic E-state index is 12.8. The van der Waals surface area contributed by atoms with Crippen LogP contribution < -0.4 is 10.2 Å². The van der Waals surface area contributed by atoms with Crippen LogP contribution in [-0.4, -0.2) is 48.0 Å². The van der Waals surface area contributed by atoms with Gasteiger partial charge in [0.2, 0.25) is 5.91 Å². The summed E-state index contributed by atoms with van der Waals surface area (Å²) in [5.41, 5.74) is 2.15. The average molecular weight is 367 g/mol. The number of benzene rings is 1. The highest BCUT2D eigenvalue weighted by atomic mass is 16.2. The first kappa shape index (κ1) is 19.4. The summed E-state index contributed by atoms with van der Waals surface area (Å²) in [6.45, 7) is 9.86. The van der Waals surface area contributed by atoms with Crippen LogP contribution in [0.1, 0.15) is 38.7 Å². The molecule has 5 heteroatoms. The standard InChI is InChI=1S/C22H30N4O/c1-4-17(2)19-9-5-6-10-20(19)24-22(27)18(3)25-13-15-26(16-14-25)21-11-7-8-12-23-21/h5-12,17-18H,4,13-16H2,1-3H3,(H,24,27)/t17-,18-/m1/s1. The highest BCUT2D eigenvalue weighted by molar-refractivity contribution is 5.95. The summed E-state index contributed by atoms with van der Waals surface area (Å²) in [6, 6.07) is 14.0. The summed E-state index contributed by atoms with van der Waals surface area (Å²) in [6.07, 6.45) is 2.88. The first-order valence-electron chi connectivity index (χ1n) is 9.90. The van der Waals surface area contributed by atoms with Gasteiger partial charge in [0.1, 0.15) is 5.82 Å². The highest BCUT2D eigenvalue weighted by Gasteiger charge is 2.26. The Balaban J connectivity index is 1.59. The molecule has 3 rings (SSSR count). The van der Waals surface area contributed by atoms with E-state index in [1.807, 2.05) is 49.5 Å². The van der Waals surface area contributed by atoms with Gasteiger partial charge >= 0.3 is 0 Å². The first-order valence-corrected chi connectivity index (χ1v) is 9.90. The maximum Gasteiger partial charge on any atom is 0.241 e. The van der Waals surface area contributed by atoms with E-state index in [4.69, 9.17) is 0 Å². The molecular weight excluding hydrogens is 336 g/mol. The molecule has 1 N–H and O–H groups in total. The quantitative estimate of drug-likeness (QED) is 0.846. The molecule has 2 aromatic rings. The van der Waals surface area contributed by atoms with Gasteiger partial charge in [0.25, 0.3) is 0 Å². The second-order valence-electron chi connectivity index (χ2n) is 7.27. The third-order valence-electron chi connectivity index (χ3n) is 5.58. The molecule has 0 saturated carbocycles. The van der Waals surface area contributed by atoms with Gasteiger partial charge in [-0.05, 0) is 43.0 Å². The SMILES string of the molecule is CC[C@@H](C)c1ccccc1NC(=O)[C@@H](C)N1CCN(c2ccccn2)CC1. The number of anilines is 2. The van der Waals surface area contributed by atoms with Crippen LogP contribution in [0.25, 0.3) is 0 Å². The summed E-state index contributed by atoms with van der Waals surface area (Å²) in [5, 5.41) is 3.16. The van der Waals surface area contributed by atoms with Crippen molar-refractivity contribution in [2.45, 2.75) is 39.2 Å². The van der Waals surface area contributed by atoms with Crippen LogP contribution in [0.4, 0.5) is 11.5 Å². The Bertz CT molecular complexity index is 741. The molecule has 0 bridgehead atoms. The monoisotopic (exact) mass is 366 g/mol. The van der Waals surface area contributed by atoms with E-state index in [1.165, 1.54) is 5.56 Å². The normalized spacial score (nSPS) is 17.4. The zero-order valence-corrected chi connectivity index (χ0v) is 16.6. The molecule has 0 radical (unpaired) electrons. The maximum absolute atomic E-state index is 12.8. The Labute approximate surface area is 162 Å². The molecule has 1 aromatic carbocycles. The molecule has 27 heavy (non-hydrogen) atoms. The number of carbonyl (C=O) groups excluding carboxylic acids is 1. The molecule has 2 atom stereocenters. The molecule has 2 heterocycles. The van der Waals surface area contributed by atoms with E-state index >= 15 is 0 Å². The number of pyridine rings is 1. The third-order valence-corrected chi connectivity index (χ3v) is 5.58. The number of nitrogens with one attached hydrogen (secondary N) is 1. The van der Waals surface area contributed by atoms with E-state index in [0.717, 1.165) is 44.1 Å². The number of para-hydroxylation sites is 1. The van der Waals surface area contributed by atoms with Crippen molar-refractivity contribution in [3.05, 3.63) is 54.2 Å². The van der Waals surface area contributed by atoms with Crippen LogP contribution >= 0.6 is 0 Å². The molecule has 144 valence electrons. The Hall–Kier alpha value is -2.40. The van der Waals surface area contributed by atoms with Crippen LogP contribution in [0, 0.1) is 0 Å². The summed E-state index contributed by atoms with van der Waals surface area (Å²) in [5.74, 6) is 1.51. The van der Waals surface area contributed by atoms with Crippen LogP contribution in [0.5, 0.6) is 0 Å². The Morgan fingerprint density at radius 3 is 2.44 bits per heavy atom. The zero-order chi connectivity index (χ0) is 19.2. The van der Waals surface area contributed by atoms with Gasteiger partial charge in [-0.25, -0.2) is 4.98 Å². The Morgan fingerprint density at radius 2 is 1.78 bits per heavy atom. The number of carbonyl (C=O) groups is 1. The number of amides is 1. The summed E-state index contributed by atoms with van der Waals surface area (Å²) in [7, 11) is 0. The summed E-state index contributed by atoms with van der Waals surface area (Å²) in [4.78, 5) is 21.8. The van der Waals surface area contributed by atoms with Gasteiger partial charge in [0, 0.05) is 38.1 Å². The molecule has 5 nitrogen and oxygen atoms in total. The molecule has 0 aliphatic carbocycles. The van der Waals surface area contributed by atoms with E-state index in [1.54, 1.807) is 0 Å². The number of hydrogen-bond acceptors (Lipinski definition) is 4. The number of hydrogen-bond donors (Lipinski definition) is 1. The van der Waals surface area contributed by atoms with Crippen molar-refractivity contribution in [2.24, 2.45) is 0 Å². The fraction of sp³-hybridized carbons (Fsp3) is 0.455. The molecule has 1 fully saturated rings. The van der Waals surface area contributed by atoms with Crippen LogP contribution in [0.15, 0.2) is 48.7 Å². The summed E-state index contributed by atoms with van der Waals surface area (Å²) >= 11 is 0. The second-order valence-corrected chi connectivity index (χ2v) is 7.27. The molecule has 0 unspecified atom stereocenters. The van der Waals surface area contributed by atoms with Gasteiger partial charge in [-0.3, -0.25) is 9.69 Å². The van der Waals surface area contributed by atoms with E-state index in [9.17, 15) is 4.79 Å². The lowest BCUT2D eigenvalue weighted by atomic mass is 9.97. The minimum absolute atomic E-state index is 0.0667. The van der Waals surface area contributed by atoms with E-state index < -0.39 is 0 Å². The van der Waals surface area contributed by atoms with Gasteiger partial charge in [-0.2, -0.15) is 0 Å². The smallest absolute Gasteiger partial charge is 0.241 e. The highest BCUT2D eigenvalue weighted by Crippen LogP contribution is 2.27. The third kappa shape index (κ3) is 4.66. The minimum atomic E-state index is -0.152. The number of piperazine rings is 1. The van der Waals surface area contributed by atoms with Gasteiger partial charge in [-0.1, -0.05) is 38.1 Å². The fourth-order valence-electron chi connectivity index (χ4n) is 3.54. The fourth-order valence-corrected chi connectivity index (χ4v) is 3.54. The minimum Gasteiger partial charge on any atom is -0.354 e. The number of aromatic nitrogens is 1. The lowest BCUT2D eigenvalue weighted by Crippen LogP contribution is -2.53. The van der Waals surface area contributed by atoms with Gasteiger partial charge in [0.05, 0.1) is 6.04 Å². The van der Waals surface area contributed by atoms with Crippen molar-refractivity contribution in [2.75, 3.05) is 36.4 Å².